The van der Waals surface area contributed by atoms with Crippen LogP contribution in [0.2, 0.25) is 0 Å². The first kappa shape index (κ1) is 18.4. The summed E-state index contributed by atoms with van der Waals surface area (Å²) in [5.74, 6) is 0.677. The van der Waals surface area contributed by atoms with Gasteiger partial charge >= 0.3 is 0 Å². The van der Waals surface area contributed by atoms with Crippen molar-refractivity contribution < 1.29 is 4.74 Å². The maximum Gasteiger partial charge on any atom is 0.186 e. The third kappa shape index (κ3) is 5.93. The minimum Gasteiger partial charge on any atom is -0.383 e. The van der Waals surface area contributed by atoms with E-state index in [4.69, 9.17) is 9.72 Å². The molecule has 1 N–H and O–H groups in total. The van der Waals surface area contributed by atoms with Crippen molar-refractivity contribution in [2.75, 3.05) is 31.7 Å². The van der Waals surface area contributed by atoms with Crippen LogP contribution in [0, 0.1) is 12.8 Å². The van der Waals surface area contributed by atoms with E-state index in [1.807, 2.05) is 11.3 Å². The summed E-state index contributed by atoms with van der Waals surface area (Å²) in [4.78, 5) is 8.49. The molecule has 5 heteroatoms. The molecule has 1 heterocycles. The predicted octanol–water partition coefficient (Wildman–Crippen LogP) is 3.45. The van der Waals surface area contributed by atoms with Crippen LogP contribution in [0.1, 0.15) is 44.7 Å². The van der Waals surface area contributed by atoms with Crippen molar-refractivity contribution in [1.29, 1.82) is 0 Å². The van der Waals surface area contributed by atoms with Crippen LogP contribution in [-0.2, 0) is 11.3 Å². The maximum absolute atomic E-state index is 5.24. The number of anilines is 1. The van der Waals surface area contributed by atoms with E-state index in [-0.39, 0.29) is 0 Å². The zero-order valence-electron chi connectivity index (χ0n) is 14.4. The highest BCUT2D eigenvalue weighted by atomic mass is 32.1. The number of hydrogen-bond donors (Lipinski definition) is 1. The Morgan fingerprint density at radius 1 is 1.33 bits per heavy atom. The van der Waals surface area contributed by atoms with Crippen molar-refractivity contribution in [1.82, 2.24) is 10.3 Å². The first-order valence-electron chi connectivity index (χ1n) is 7.92. The highest BCUT2D eigenvalue weighted by molar-refractivity contribution is 7.15. The van der Waals surface area contributed by atoms with Crippen molar-refractivity contribution in [3.63, 3.8) is 0 Å². The summed E-state index contributed by atoms with van der Waals surface area (Å²) in [7, 11) is 1.75. The molecule has 0 saturated carbocycles. The van der Waals surface area contributed by atoms with E-state index in [9.17, 15) is 0 Å². The summed E-state index contributed by atoms with van der Waals surface area (Å²) in [6.45, 7) is 14.6. The van der Waals surface area contributed by atoms with E-state index < -0.39 is 0 Å². The summed E-state index contributed by atoms with van der Waals surface area (Å²) in [5, 5.41) is 4.63. The average Bonchev–Trinajstić information content (AvgIpc) is 2.79. The van der Waals surface area contributed by atoms with Crippen LogP contribution in [0.3, 0.4) is 0 Å². The van der Waals surface area contributed by atoms with Crippen LogP contribution in [0.25, 0.3) is 0 Å². The quantitative estimate of drug-likeness (QED) is 0.718. The van der Waals surface area contributed by atoms with Crippen LogP contribution >= 0.6 is 11.3 Å². The molecule has 1 unspecified atom stereocenters. The molecule has 0 aliphatic heterocycles. The Morgan fingerprint density at radius 2 is 2.05 bits per heavy atom. The standard InChI is InChI=1S/C16H31N3OS/c1-7-13(4)19(8-9-20-6)16-18-14(5)15(21-16)11-17-10-12(2)3/h12-13,17H,7-11H2,1-6H3. The molecule has 1 aromatic heterocycles. The van der Waals surface area contributed by atoms with Gasteiger partial charge in [-0.2, -0.15) is 0 Å². The van der Waals surface area contributed by atoms with E-state index in [2.05, 4.69) is 44.8 Å². The number of ether oxygens (including phenoxy) is 1. The van der Waals surface area contributed by atoms with Crippen molar-refractivity contribution in [3.8, 4) is 0 Å². The highest BCUT2D eigenvalue weighted by Gasteiger charge is 2.18. The van der Waals surface area contributed by atoms with Crippen LogP contribution in [0.15, 0.2) is 0 Å². The summed E-state index contributed by atoms with van der Waals surface area (Å²) in [6, 6.07) is 0.488. The smallest absolute Gasteiger partial charge is 0.186 e. The second-order valence-corrected chi connectivity index (χ2v) is 7.04. The van der Waals surface area contributed by atoms with Gasteiger partial charge in [0.05, 0.1) is 12.3 Å². The molecular formula is C16H31N3OS. The Kier molecular flexibility index (Phi) is 8.22. The van der Waals surface area contributed by atoms with Crippen molar-refractivity contribution in [3.05, 3.63) is 10.6 Å². The number of rotatable bonds is 10. The molecule has 0 saturated heterocycles. The molecule has 0 aliphatic carbocycles. The van der Waals surface area contributed by atoms with Crippen molar-refractivity contribution in [2.24, 2.45) is 5.92 Å². The van der Waals surface area contributed by atoms with Gasteiger partial charge in [0.15, 0.2) is 5.13 Å². The molecule has 1 atom stereocenters. The zero-order valence-corrected chi connectivity index (χ0v) is 15.2. The van der Waals surface area contributed by atoms with Gasteiger partial charge < -0.3 is 15.0 Å². The lowest BCUT2D eigenvalue weighted by Crippen LogP contribution is -2.35. The van der Waals surface area contributed by atoms with Gasteiger partial charge in [0.2, 0.25) is 0 Å². The third-order valence-electron chi connectivity index (χ3n) is 3.62. The number of hydrogen-bond acceptors (Lipinski definition) is 5. The molecule has 1 rings (SSSR count). The van der Waals surface area contributed by atoms with E-state index in [1.165, 1.54) is 4.88 Å². The normalized spacial score (nSPS) is 12.9. The van der Waals surface area contributed by atoms with E-state index in [0.29, 0.717) is 12.0 Å². The summed E-state index contributed by atoms with van der Waals surface area (Å²) < 4.78 is 5.24. The molecule has 0 amide bonds. The lowest BCUT2D eigenvalue weighted by atomic mass is 10.2. The lowest BCUT2D eigenvalue weighted by Gasteiger charge is -2.27. The van der Waals surface area contributed by atoms with Gasteiger partial charge in [-0.15, -0.1) is 11.3 Å². The summed E-state index contributed by atoms with van der Waals surface area (Å²) in [6.07, 6.45) is 1.11. The molecular weight excluding hydrogens is 282 g/mol. The van der Waals surface area contributed by atoms with Crippen molar-refractivity contribution in [2.45, 2.75) is 53.6 Å². The monoisotopic (exact) mass is 313 g/mol. The number of aromatic nitrogens is 1. The van der Waals surface area contributed by atoms with E-state index >= 15 is 0 Å². The summed E-state index contributed by atoms with van der Waals surface area (Å²) in [5.41, 5.74) is 1.15. The fourth-order valence-corrected chi connectivity index (χ4v) is 3.25. The molecule has 4 nitrogen and oxygen atoms in total. The second-order valence-electron chi connectivity index (χ2n) is 5.97. The number of aryl methyl sites for hydroxylation is 1. The molecule has 1 aromatic rings. The fourth-order valence-electron chi connectivity index (χ4n) is 2.09. The minimum atomic E-state index is 0.488. The maximum atomic E-state index is 5.24. The first-order chi connectivity index (χ1) is 9.99. The van der Waals surface area contributed by atoms with Crippen molar-refractivity contribution >= 4 is 16.5 Å². The highest BCUT2D eigenvalue weighted by Crippen LogP contribution is 2.28. The second kappa shape index (κ2) is 9.38. The Balaban J connectivity index is 2.75. The predicted molar refractivity (Wildman–Crippen MR) is 92.4 cm³/mol. The Hall–Kier alpha value is -0.650. The fraction of sp³-hybridized carbons (Fsp3) is 0.812. The molecule has 122 valence electrons. The Morgan fingerprint density at radius 3 is 2.62 bits per heavy atom. The Bertz CT molecular complexity index is 406. The van der Waals surface area contributed by atoms with Crippen LogP contribution in [0.4, 0.5) is 5.13 Å². The summed E-state index contributed by atoms with van der Waals surface area (Å²) >= 11 is 1.81. The molecule has 0 bridgehead atoms. The largest absolute Gasteiger partial charge is 0.383 e. The molecule has 0 fully saturated rings. The van der Waals surface area contributed by atoms with E-state index in [1.54, 1.807) is 7.11 Å². The average molecular weight is 314 g/mol. The number of nitrogens with zero attached hydrogens (tertiary/aromatic N) is 2. The van der Waals surface area contributed by atoms with Gasteiger partial charge in [-0.25, -0.2) is 4.98 Å². The molecule has 0 aromatic carbocycles. The van der Waals surface area contributed by atoms with Crippen LogP contribution in [-0.4, -0.2) is 37.8 Å². The number of nitrogens with one attached hydrogen (secondary N) is 1. The number of thiazole rings is 1. The molecule has 0 spiro atoms. The Labute approximate surface area is 133 Å². The molecule has 0 radical (unpaired) electrons. The van der Waals surface area contributed by atoms with Gasteiger partial charge in [0.25, 0.3) is 0 Å². The third-order valence-corrected chi connectivity index (χ3v) is 4.82. The topological polar surface area (TPSA) is 37.4 Å². The number of methoxy groups -OCH3 is 1. The SMILES string of the molecule is CCC(C)N(CCOC)c1nc(C)c(CNCC(C)C)s1. The minimum absolute atomic E-state index is 0.488. The van der Waals surface area contributed by atoms with Crippen LogP contribution in [0.5, 0.6) is 0 Å². The van der Waals surface area contributed by atoms with Gasteiger partial charge in [0.1, 0.15) is 0 Å². The van der Waals surface area contributed by atoms with E-state index in [0.717, 1.165) is 43.5 Å². The first-order valence-corrected chi connectivity index (χ1v) is 8.73. The van der Waals surface area contributed by atoms with Gasteiger partial charge in [-0.1, -0.05) is 20.8 Å². The van der Waals surface area contributed by atoms with Gasteiger partial charge in [-0.3, -0.25) is 0 Å². The van der Waals surface area contributed by atoms with Gasteiger partial charge in [-0.05, 0) is 32.7 Å². The zero-order chi connectivity index (χ0) is 15.8. The molecule has 21 heavy (non-hydrogen) atoms. The lowest BCUT2D eigenvalue weighted by molar-refractivity contribution is 0.203. The van der Waals surface area contributed by atoms with Gasteiger partial charge in [0, 0.05) is 31.1 Å². The van der Waals surface area contributed by atoms with Crippen LogP contribution < -0.4 is 10.2 Å². The molecule has 0 aliphatic rings.